The molecule has 0 radical (unpaired) electrons. The van der Waals surface area contributed by atoms with Gasteiger partial charge in [0, 0.05) is 13.1 Å². The van der Waals surface area contributed by atoms with Crippen LogP contribution in [0.15, 0.2) is 59.5 Å². The normalized spacial score (nSPS) is 17.9. The molecule has 1 unspecified atom stereocenters. The first-order valence-electron chi connectivity index (χ1n) is 9.05. The van der Waals surface area contributed by atoms with E-state index in [1.165, 1.54) is 5.56 Å². The molecular weight excluding hydrogens is 346 g/mol. The highest BCUT2D eigenvalue weighted by atomic mass is 32.2. The average Bonchev–Trinajstić information content (AvgIpc) is 2.64. The molecule has 0 saturated carbocycles. The number of hydrogen-bond donors (Lipinski definition) is 0. The molecule has 0 aromatic heterocycles. The minimum absolute atomic E-state index is 0.00377. The number of rotatable bonds is 5. The number of hydrogen-bond acceptors (Lipinski definition) is 3. The molecule has 4 nitrogen and oxygen atoms in total. The number of nitrogens with zero attached hydrogens (tertiary/aromatic N) is 1. The van der Waals surface area contributed by atoms with E-state index in [0.717, 1.165) is 18.4 Å². The maximum atomic E-state index is 12.6. The third kappa shape index (κ3) is 4.73. The predicted octanol–water partition coefficient (Wildman–Crippen LogP) is 3.25. The molecule has 3 rings (SSSR count). The summed E-state index contributed by atoms with van der Waals surface area (Å²) in [6.07, 6.45) is 2.08. The zero-order valence-electron chi connectivity index (χ0n) is 15.1. The second-order valence-corrected chi connectivity index (χ2v) is 9.14. The lowest BCUT2D eigenvalue weighted by Crippen LogP contribution is -2.42. The Balaban J connectivity index is 1.62. The van der Waals surface area contributed by atoms with E-state index < -0.39 is 9.84 Å². The molecule has 1 atom stereocenters. The molecule has 1 saturated heterocycles. The second-order valence-electron chi connectivity index (χ2n) is 7.10. The quantitative estimate of drug-likeness (QED) is 0.811. The number of amides is 1. The van der Waals surface area contributed by atoms with Crippen LogP contribution >= 0.6 is 0 Å². The van der Waals surface area contributed by atoms with Crippen molar-refractivity contribution in [2.45, 2.75) is 31.1 Å². The Bertz CT molecular complexity index is 845. The predicted molar refractivity (Wildman–Crippen MR) is 103 cm³/mol. The highest BCUT2D eigenvalue weighted by Crippen LogP contribution is 2.22. The Morgan fingerprint density at radius 1 is 1.08 bits per heavy atom. The van der Waals surface area contributed by atoms with Crippen molar-refractivity contribution in [1.29, 1.82) is 0 Å². The van der Waals surface area contributed by atoms with Gasteiger partial charge in [0.15, 0.2) is 9.84 Å². The van der Waals surface area contributed by atoms with Gasteiger partial charge in [-0.05, 0) is 43.4 Å². The summed E-state index contributed by atoms with van der Waals surface area (Å²) in [4.78, 5) is 14.8. The molecule has 1 aliphatic heterocycles. The molecule has 1 aliphatic rings. The molecule has 2 aromatic carbocycles. The van der Waals surface area contributed by atoms with Crippen molar-refractivity contribution in [3.8, 4) is 0 Å². The van der Waals surface area contributed by atoms with Gasteiger partial charge in [-0.25, -0.2) is 8.42 Å². The molecule has 1 fully saturated rings. The van der Waals surface area contributed by atoms with Gasteiger partial charge in [-0.1, -0.05) is 48.0 Å². The number of likely N-dealkylation sites (tertiary alicyclic amines) is 1. The molecule has 138 valence electrons. The van der Waals surface area contributed by atoms with Crippen molar-refractivity contribution in [1.82, 2.24) is 4.90 Å². The summed E-state index contributed by atoms with van der Waals surface area (Å²) < 4.78 is 25.2. The summed E-state index contributed by atoms with van der Waals surface area (Å²) in [7, 11) is -3.31. The van der Waals surface area contributed by atoms with E-state index >= 15 is 0 Å². The van der Waals surface area contributed by atoms with Gasteiger partial charge in [-0.2, -0.15) is 0 Å². The summed E-state index contributed by atoms with van der Waals surface area (Å²) in [5.74, 6) is 0.178. The molecule has 26 heavy (non-hydrogen) atoms. The third-order valence-electron chi connectivity index (χ3n) is 4.91. The molecule has 0 N–H and O–H groups in total. The van der Waals surface area contributed by atoms with Gasteiger partial charge in [0.2, 0.25) is 5.91 Å². The van der Waals surface area contributed by atoms with Gasteiger partial charge >= 0.3 is 0 Å². The zero-order valence-corrected chi connectivity index (χ0v) is 15.9. The maximum Gasteiger partial charge on any atom is 0.226 e. The van der Waals surface area contributed by atoms with Gasteiger partial charge in [-0.3, -0.25) is 4.79 Å². The number of carbonyl (C=O) groups is 1. The van der Waals surface area contributed by atoms with Crippen LogP contribution in [0.3, 0.4) is 0 Å². The Morgan fingerprint density at radius 2 is 1.77 bits per heavy atom. The summed E-state index contributed by atoms with van der Waals surface area (Å²) in [5.41, 5.74) is 2.17. The first-order valence-corrected chi connectivity index (χ1v) is 10.7. The van der Waals surface area contributed by atoms with Crippen molar-refractivity contribution in [2.24, 2.45) is 5.92 Å². The smallest absolute Gasteiger partial charge is 0.226 e. The fraction of sp³-hybridized carbons (Fsp3) is 0.381. The van der Waals surface area contributed by atoms with Crippen LogP contribution in [-0.4, -0.2) is 38.1 Å². The van der Waals surface area contributed by atoms with Gasteiger partial charge in [0.25, 0.3) is 0 Å². The molecule has 5 heteroatoms. The van der Waals surface area contributed by atoms with Crippen molar-refractivity contribution < 1.29 is 13.2 Å². The fourth-order valence-corrected chi connectivity index (χ4v) is 5.11. The summed E-state index contributed by atoms with van der Waals surface area (Å²) >= 11 is 0. The lowest BCUT2D eigenvalue weighted by atomic mass is 9.99. The zero-order chi connectivity index (χ0) is 18.6. The summed E-state index contributed by atoms with van der Waals surface area (Å²) in [6.45, 7) is 3.26. The molecule has 2 aromatic rings. The molecule has 0 spiro atoms. The Kier molecular flexibility index (Phi) is 5.77. The van der Waals surface area contributed by atoms with E-state index in [9.17, 15) is 13.2 Å². The molecule has 0 bridgehead atoms. The Labute approximate surface area is 155 Å². The van der Waals surface area contributed by atoms with Crippen LogP contribution in [0.25, 0.3) is 0 Å². The number of aryl methyl sites for hydroxylation is 1. The van der Waals surface area contributed by atoms with E-state index in [0.29, 0.717) is 24.4 Å². The van der Waals surface area contributed by atoms with Gasteiger partial charge < -0.3 is 4.90 Å². The Hall–Kier alpha value is -2.14. The molecule has 1 heterocycles. The van der Waals surface area contributed by atoms with Crippen LogP contribution in [0.4, 0.5) is 0 Å². The number of benzene rings is 2. The summed E-state index contributed by atoms with van der Waals surface area (Å²) in [5, 5.41) is 0. The minimum atomic E-state index is -3.31. The average molecular weight is 372 g/mol. The van der Waals surface area contributed by atoms with Gasteiger partial charge in [0.1, 0.15) is 0 Å². The number of sulfone groups is 1. The van der Waals surface area contributed by atoms with Crippen molar-refractivity contribution in [3.63, 3.8) is 0 Å². The van der Waals surface area contributed by atoms with Crippen LogP contribution in [0.2, 0.25) is 0 Å². The van der Waals surface area contributed by atoms with E-state index in [1.807, 2.05) is 42.2 Å². The largest absolute Gasteiger partial charge is 0.342 e. The molecule has 0 aliphatic carbocycles. The van der Waals surface area contributed by atoms with Crippen LogP contribution < -0.4 is 0 Å². The maximum absolute atomic E-state index is 12.6. The van der Waals surface area contributed by atoms with Crippen LogP contribution in [0.1, 0.15) is 24.0 Å². The highest BCUT2D eigenvalue weighted by molar-refractivity contribution is 7.91. The third-order valence-corrected chi connectivity index (χ3v) is 6.81. The van der Waals surface area contributed by atoms with Crippen LogP contribution in [-0.2, 0) is 21.1 Å². The number of carbonyl (C=O) groups excluding carboxylic acids is 1. The van der Waals surface area contributed by atoms with Crippen molar-refractivity contribution in [2.75, 3.05) is 18.8 Å². The standard InChI is InChI=1S/C21H25NO3S/c1-17-9-11-18(12-10-17)14-21(23)22-13-5-6-19(15-22)16-26(24,25)20-7-3-2-4-8-20/h2-4,7-12,19H,5-6,13-16H2,1H3. The second kappa shape index (κ2) is 8.04. The van der Waals surface area contributed by atoms with Crippen molar-refractivity contribution in [3.05, 3.63) is 65.7 Å². The highest BCUT2D eigenvalue weighted by Gasteiger charge is 2.28. The van der Waals surface area contributed by atoms with E-state index in [4.69, 9.17) is 0 Å². The lowest BCUT2D eigenvalue weighted by molar-refractivity contribution is -0.132. The van der Waals surface area contributed by atoms with Gasteiger partial charge in [-0.15, -0.1) is 0 Å². The topological polar surface area (TPSA) is 54.5 Å². The van der Waals surface area contributed by atoms with E-state index in [-0.39, 0.29) is 17.6 Å². The van der Waals surface area contributed by atoms with E-state index in [2.05, 4.69) is 0 Å². The Morgan fingerprint density at radius 3 is 2.46 bits per heavy atom. The van der Waals surface area contributed by atoms with Crippen LogP contribution in [0.5, 0.6) is 0 Å². The first kappa shape index (κ1) is 18.6. The minimum Gasteiger partial charge on any atom is -0.342 e. The summed E-state index contributed by atoms with van der Waals surface area (Å²) in [6, 6.07) is 16.5. The lowest BCUT2D eigenvalue weighted by Gasteiger charge is -2.32. The first-order chi connectivity index (χ1) is 12.4. The molecule has 1 amide bonds. The fourth-order valence-electron chi connectivity index (χ4n) is 3.45. The number of piperidine rings is 1. The molecular formula is C21H25NO3S. The van der Waals surface area contributed by atoms with E-state index in [1.54, 1.807) is 24.3 Å². The monoisotopic (exact) mass is 371 g/mol. The van der Waals surface area contributed by atoms with Crippen LogP contribution in [0, 0.1) is 12.8 Å². The SMILES string of the molecule is Cc1ccc(CC(=O)N2CCCC(CS(=O)(=O)c3ccccc3)C2)cc1. The van der Waals surface area contributed by atoms with Crippen molar-refractivity contribution >= 4 is 15.7 Å². The van der Waals surface area contributed by atoms with Gasteiger partial charge in [0.05, 0.1) is 17.1 Å².